The van der Waals surface area contributed by atoms with Crippen molar-refractivity contribution in [1.82, 2.24) is 14.7 Å². The van der Waals surface area contributed by atoms with Crippen molar-refractivity contribution in [2.24, 2.45) is 0 Å². The third-order valence-corrected chi connectivity index (χ3v) is 5.65. The van der Waals surface area contributed by atoms with Crippen molar-refractivity contribution < 1.29 is 14.3 Å². The van der Waals surface area contributed by atoms with Gasteiger partial charge < -0.3 is 14.5 Å². The van der Waals surface area contributed by atoms with Crippen molar-refractivity contribution in [1.29, 1.82) is 0 Å². The molecule has 6 heteroatoms. The van der Waals surface area contributed by atoms with Crippen molar-refractivity contribution in [3.8, 4) is 5.75 Å². The molecule has 1 aromatic carbocycles. The Balaban J connectivity index is 1.89. The van der Waals surface area contributed by atoms with E-state index in [1.165, 1.54) is 4.90 Å². The van der Waals surface area contributed by atoms with Gasteiger partial charge in [-0.1, -0.05) is 38.3 Å². The van der Waals surface area contributed by atoms with Crippen LogP contribution in [-0.4, -0.2) is 72.9 Å². The molecule has 0 bridgehead atoms. The number of amides is 2. The Bertz CT molecular complexity index is 749. The predicted octanol–water partition coefficient (Wildman–Crippen LogP) is 2.99. The normalized spacial score (nSPS) is 18.2. The second kappa shape index (κ2) is 9.92. The average Bonchev–Trinajstić information content (AvgIpc) is 2.97. The second-order valence-corrected chi connectivity index (χ2v) is 7.79. The summed E-state index contributed by atoms with van der Waals surface area (Å²) in [6.07, 6.45) is 4.15. The Kier molecular flexibility index (Phi) is 7.31. The number of hydrogen-bond acceptors (Lipinski definition) is 5. The zero-order chi connectivity index (χ0) is 20.8. The molecule has 0 N–H and O–H groups in total. The first-order valence-electron chi connectivity index (χ1n) is 10.8. The minimum Gasteiger partial charge on any atom is -0.494 e. The van der Waals surface area contributed by atoms with Gasteiger partial charge in [0.2, 0.25) is 0 Å². The van der Waals surface area contributed by atoms with Gasteiger partial charge in [0.05, 0.1) is 12.2 Å². The molecule has 3 rings (SSSR count). The van der Waals surface area contributed by atoms with Crippen molar-refractivity contribution >= 4 is 17.4 Å². The maximum atomic E-state index is 13.3. The minimum absolute atomic E-state index is 0.139. The third-order valence-electron chi connectivity index (χ3n) is 5.65. The maximum Gasteiger partial charge on any atom is 0.277 e. The van der Waals surface area contributed by atoms with E-state index in [-0.39, 0.29) is 11.8 Å². The first kappa shape index (κ1) is 21.4. The molecule has 0 aromatic heterocycles. The van der Waals surface area contributed by atoms with E-state index >= 15 is 0 Å². The monoisotopic (exact) mass is 399 g/mol. The van der Waals surface area contributed by atoms with Crippen molar-refractivity contribution in [2.75, 3.05) is 46.4 Å². The number of benzene rings is 1. The summed E-state index contributed by atoms with van der Waals surface area (Å²) in [6.45, 7) is 8.48. The molecule has 6 nitrogen and oxygen atoms in total. The molecular formula is C23H33N3O3. The highest BCUT2D eigenvalue weighted by Gasteiger charge is 2.41. The summed E-state index contributed by atoms with van der Waals surface area (Å²) in [6, 6.07) is 7.52. The van der Waals surface area contributed by atoms with Crippen LogP contribution in [0.2, 0.25) is 0 Å². The van der Waals surface area contributed by atoms with E-state index in [0.29, 0.717) is 24.4 Å². The van der Waals surface area contributed by atoms with Crippen LogP contribution in [0.1, 0.15) is 45.1 Å². The van der Waals surface area contributed by atoms with Gasteiger partial charge in [0.15, 0.2) is 0 Å². The number of nitrogens with zero attached hydrogens (tertiary/aromatic N) is 3. The van der Waals surface area contributed by atoms with Crippen molar-refractivity contribution in [2.45, 2.75) is 39.5 Å². The van der Waals surface area contributed by atoms with Crippen LogP contribution in [0.4, 0.5) is 0 Å². The summed E-state index contributed by atoms with van der Waals surface area (Å²) in [5, 5.41) is 0. The summed E-state index contributed by atoms with van der Waals surface area (Å²) in [5.41, 5.74) is 1.90. The van der Waals surface area contributed by atoms with E-state index in [2.05, 4.69) is 23.8 Å². The van der Waals surface area contributed by atoms with Crippen LogP contribution in [0.3, 0.4) is 0 Å². The lowest BCUT2D eigenvalue weighted by molar-refractivity contribution is -0.137. The smallest absolute Gasteiger partial charge is 0.277 e. The molecule has 0 radical (unpaired) electrons. The Labute approximate surface area is 174 Å². The standard InChI is InChI=1S/C23H33N3O3/c1-4-6-7-8-13-26-22(27)20(18-9-11-19(12-10-18)29-5-2)21(23(26)28)25-16-14-24(3)15-17-25/h9-12H,4-8,13-17H2,1-3H3. The Morgan fingerprint density at radius 3 is 2.21 bits per heavy atom. The second-order valence-electron chi connectivity index (χ2n) is 7.79. The van der Waals surface area contributed by atoms with E-state index in [4.69, 9.17) is 4.74 Å². The van der Waals surface area contributed by atoms with Crippen molar-refractivity contribution in [3.05, 3.63) is 35.5 Å². The van der Waals surface area contributed by atoms with Gasteiger partial charge in [-0.2, -0.15) is 0 Å². The van der Waals surface area contributed by atoms with Gasteiger partial charge in [-0.25, -0.2) is 0 Å². The lowest BCUT2D eigenvalue weighted by Gasteiger charge is -2.34. The van der Waals surface area contributed by atoms with Crippen molar-refractivity contribution in [3.63, 3.8) is 0 Å². The van der Waals surface area contributed by atoms with Crippen LogP contribution in [0.5, 0.6) is 5.75 Å². The molecule has 0 aliphatic carbocycles. The number of piperazine rings is 1. The number of likely N-dealkylation sites (N-methyl/N-ethyl adjacent to an activating group) is 1. The van der Waals surface area contributed by atoms with E-state index < -0.39 is 0 Å². The molecular weight excluding hydrogens is 366 g/mol. The van der Waals surface area contributed by atoms with Gasteiger partial charge in [-0.3, -0.25) is 14.5 Å². The number of unbranched alkanes of at least 4 members (excludes halogenated alkanes) is 3. The van der Waals surface area contributed by atoms with Gasteiger partial charge in [0, 0.05) is 32.7 Å². The number of rotatable bonds is 9. The van der Waals surface area contributed by atoms with Crippen LogP contribution in [0, 0.1) is 0 Å². The number of carbonyl (C=O) groups is 2. The lowest BCUT2D eigenvalue weighted by atomic mass is 10.0. The molecule has 2 aliphatic rings. The summed E-state index contributed by atoms with van der Waals surface area (Å²) in [7, 11) is 2.08. The predicted molar refractivity (Wildman–Crippen MR) is 114 cm³/mol. The largest absolute Gasteiger partial charge is 0.494 e. The van der Waals surface area contributed by atoms with E-state index in [0.717, 1.165) is 63.2 Å². The fraction of sp³-hybridized carbons (Fsp3) is 0.565. The Morgan fingerprint density at radius 2 is 1.59 bits per heavy atom. The van der Waals surface area contributed by atoms with E-state index in [9.17, 15) is 9.59 Å². The summed E-state index contributed by atoms with van der Waals surface area (Å²) < 4.78 is 5.53. The van der Waals surface area contributed by atoms with Gasteiger partial charge in [0.25, 0.3) is 11.8 Å². The topological polar surface area (TPSA) is 53.1 Å². The third kappa shape index (κ3) is 4.81. The van der Waals surface area contributed by atoms with E-state index in [1.54, 1.807) is 0 Å². The summed E-state index contributed by atoms with van der Waals surface area (Å²) >= 11 is 0. The highest BCUT2D eigenvalue weighted by molar-refractivity contribution is 6.35. The molecule has 0 saturated carbocycles. The molecule has 1 aromatic rings. The first-order valence-corrected chi connectivity index (χ1v) is 10.8. The molecule has 0 unspecified atom stereocenters. The van der Waals surface area contributed by atoms with Crippen LogP contribution >= 0.6 is 0 Å². The molecule has 1 fully saturated rings. The number of hydrogen-bond donors (Lipinski definition) is 0. The molecule has 2 amide bonds. The lowest BCUT2D eigenvalue weighted by Crippen LogP contribution is -2.46. The quantitative estimate of drug-likeness (QED) is 0.472. The van der Waals surface area contributed by atoms with Crippen LogP contribution in [-0.2, 0) is 9.59 Å². The average molecular weight is 400 g/mol. The molecule has 2 heterocycles. The summed E-state index contributed by atoms with van der Waals surface area (Å²) in [4.78, 5) is 32.4. The highest BCUT2D eigenvalue weighted by Crippen LogP contribution is 2.33. The van der Waals surface area contributed by atoms with Gasteiger partial charge in [0.1, 0.15) is 11.4 Å². The van der Waals surface area contributed by atoms with Gasteiger partial charge in [-0.05, 0) is 38.1 Å². The fourth-order valence-electron chi connectivity index (χ4n) is 3.93. The SMILES string of the molecule is CCCCCCN1C(=O)C(c2ccc(OCC)cc2)=C(N2CCN(C)CC2)C1=O. The first-order chi connectivity index (χ1) is 14.1. The molecule has 2 aliphatic heterocycles. The van der Waals surface area contributed by atoms with E-state index in [1.807, 2.05) is 31.2 Å². The number of carbonyl (C=O) groups excluding carboxylic acids is 2. The Hall–Kier alpha value is -2.34. The summed E-state index contributed by atoms with van der Waals surface area (Å²) in [5.74, 6) is 0.468. The van der Waals surface area contributed by atoms with Gasteiger partial charge >= 0.3 is 0 Å². The molecule has 29 heavy (non-hydrogen) atoms. The fourth-order valence-corrected chi connectivity index (χ4v) is 3.93. The number of imide groups is 1. The molecule has 0 atom stereocenters. The zero-order valence-corrected chi connectivity index (χ0v) is 17.9. The molecule has 0 spiro atoms. The van der Waals surface area contributed by atoms with Gasteiger partial charge in [-0.15, -0.1) is 0 Å². The molecule has 158 valence electrons. The minimum atomic E-state index is -0.162. The maximum absolute atomic E-state index is 13.3. The van der Waals surface area contributed by atoms with Crippen LogP contribution in [0.15, 0.2) is 30.0 Å². The molecule has 1 saturated heterocycles. The zero-order valence-electron chi connectivity index (χ0n) is 17.9. The highest BCUT2D eigenvalue weighted by atomic mass is 16.5. The van der Waals surface area contributed by atoms with Crippen LogP contribution < -0.4 is 4.74 Å². The van der Waals surface area contributed by atoms with Crippen LogP contribution in [0.25, 0.3) is 5.57 Å². The number of ether oxygens (including phenoxy) is 1. The Morgan fingerprint density at radius 1 is 0.897 bits per heavy atom.